The molecule has 0 saturated carbocycles. The van der Waals surface area contributed by atoms with Crippen molar-refractivity contribution in [2.24, 2.45) is 0 Å². The minimum Gasteiger partial charge on any atom is -0.488 e. The van der Waals surface area contributed by atoms with Gasteiger partial charge in [0.1, 0.15) is 30.2 Å². The molecule has 0 aliphatic carbocycles. The van der Waals surface area contributed by atoms with Gasteiger partial charge in [0.05, 0.1) is 29.5 Å². The number of hydrogen-bond acceptors (Lipinski definition) is 7. The molecule has 6 aromatic rings. The fourth-order valence-corrected chi connectivity index (χ4v) is 5.00. The van der Waals surface area contributed by atoms with Gasteiger partial charge in [0.2, 0.25) is 5.89 Å². The Bertz CT molecular complexity index is 1970. The average Bonchev–Trinajstić information content (AvgIpc) is 3.52. The van der Waals surface area contributed by atoms with Gasteiger partial charge in [0.25, 0.3) is 5.91 Å². The number of aromatic nitrogens is 1. The maximum Gasteiger partial charge on any atom is 0.340 e. The number of rotatable bonds is 10. The van der Waals surface area contributed by atoms with Crippen molar-refractivity contribution in [2.45, 2.75) is 20.1 Å². The van der Waals surface area contributed by atoms with Gasteiger partial charge in [-0.15, -0.1) is 0 Å². The van der Waals surface area contributed by atoms with Crippen LogP contribution in [0.4, 0.5) is 5.69 Å². The summed E-state index contributed by atoms with van der Waals surface area (Å²) in [5.74, 6) is 0.147. The maximum absolute atomic E-state index is 14.1. The van der Waals surface area contributed by atoms with E-state index < -0.39 is 5.97 Å². The summed E-state index contributed by atoms with van der Waals surface area (Å²) in [7, 11) is 1.31. The van der Waals surface area contributed by atoms with Gasteiger partial charge < -0.3 is 23.9 Å². The zero-order chi connectivity index (χ0) is 31.2. The summed E-state index contributed by atoms with van der Waals surface area (Å²) in [6, 6.07) is 35.3. The maximum atomic E-state index is 14.1. The molecule has 1 heterocycles. The third kappa shape index (κ3) is 6.40. The molecule has 6 rings (SSSR count). The molecule has 1 amide bonds. The summed E-state index contributed by atoms with van der Waals surface area (Å²) in [4.78, 5) is 31.2. The van der Waals surface area contributed by atoms with Gasteiger partial charge in [0, 0.05) is 0 Å². The Morgan fingerprint density at radius 1 is 0.733 bits per heavy atom. The predicted molar refractivity (Wildman–Crippen MR) is 171 cm³/mol. The molecule has 5 aromatic carbocycles. The van der Waals surface area contributed by atoms with Crippen LogP contribution >= 0.6 is 0 Å². The molecule has 224 valence electrons. The van der Waals surface area contributed by atoms with Gasteiger partial charge in [-0.1, -0.05) is 84.9 Å². The molecule has 45 heavy (non-hydrogen) atoms. The number of carbonyl (C=O) groups is 2. The first-order valence-corrected chi connectivity index (χ1v) is 14.4. The molecule has 0 atom stereocenters. The number of carbonyl (C=O) groups excluding carboxylic acids is 2. The molecule has 1 N–H and O–H groups in total. The van der Waals surface area contributed by atoms with Crippen LogP contribution in [-0.2, 0) is 18.0 Å². The first kappa shape index (κ1) is 29.2. The molecule has 1 aromatic heterocycles. The van der Waals surface area contributed by atoms with Crippen molar-refractivity contribution in [1.82, 2.24) is 4.98 Å². The van der Waals surface area contributed by atoms with Gasteiger partial charge in [0.15, 0.2) is 5.58 Å². The van der Waals surface area contributed by atoms with Gasteiger partial charge in [-0.25, -0.2) is 9.78 Å². The highest BCUT2D eigenvalue weighted by atomic mass is 16.5. The second-order valence-corrected chi connectivity index (χ2v) is 10.3. The van der Waals surface area contributed by atoms with E-state index in [1.165, 1.54) is 7.11 Å². The summed E-state index contributed by atoms with van der Waals surface area (Å²) in [6.07, 6.45) is 0. The number of aryl methyl sites for hydroxylation is 1. The van der Waals surface area contributed by atoms with Gasteiger partial charge in [-0.05, 0) is 53.9 Å². The smallest absolute Gasteiger partial charge is 0.340 e. The highest BCUT2D eigenvalue weighted by Gasteiger charge is 2.24. The van der Waals surface area contributed by atoms with Crippen molar-refractivity contribution < 1.29 is 28.2 Å². The topological polar surface area (TPSA) is 99.9 Å². The Kier molecular flexibility index (Phi) is 8.55. The molecule has 0 fully saturated rings. The molecule has 0 bridgehead atoms. The number of benzene rings is 5. The normalized spacial score (nSPS) is 10.8. The number of hydrogen-bond donors (Lipinski definition) is 1. The quantitative estimate of drug-likeness (QED) is 0.160. The summed E-state index contributed by atoms with van der Waals surface area (Å²) in [5, 5.41) is 3.07. The van der Waals surface area contributed by atoms with Crippen LogP contribution in [0, 0.1) is 6.92 Å². The highest BCUT2D eigenvalue weighted by molar-refractivity contribution is 6.10. The Hall–Kier alpha value is -5.89. The standard InChI is InChI=1S/C37H30N2O6/c1-24-12-9-19-29(43-22-25-13-5-3-6-14-25)32(24)35(40)38-33-27(17-10-20-30(33)44-23-26-15-7-4-8-16-26)36-39-34-28(37(41)42-2)18-11-21-31(34)45-36/h3-21H,22-23H2,1-2H3,(H,38,40). The summed E-state index contributed by atoms with van der Waals surface area (Å²) in [6.45, 7) is 2.43. The number of fused-ring (bicyclic) bond motifs is 1. The number of oxazole rings is 1. The van der Waals surface area contributed by atoms with Crippen LogP contribution in [0.15, 0.2) is 120 Å². The fraction of sp³-hybridized carbons (Fsp3) is 0.108. The number of nitrogens with zero attached hydrogens (tertiary/aromatic N) is 1. The van der Waals surface area contributed by atoms with Crippen LogP contribution in [0.25, 0.3) is 22.6 Å². The van der Waals surface area contributed by atoms with Gasteiger partial charge in [-0.2, -0.15) is 0 Å². The monoisotopic (exact) mass is 598 g/mol. The van der Waals surface area contributed by atoms with Crippen molar-refractivity contribution in [1.29, 1.82) is 0 Å². The van der Waals surface area contributed by atoms with Crippen LogP contribution in [0.5, 0.6) is 11.5 Å². The predicted octanol–water partition coefficient (Wildman–Crippen LogP) is 8.00. The van der Waals surface area contributed by atoms with Crippen molar-refractivity contribution in [3.05, 3.63) is 143 Å². The number of para-hydroxylation sites is 2. The van der Waals surface area contributed by atoms with E-state index in [1.54, 1.807) is 42.5 Å². The summed E-state index contributed by atoms with van der Waals surface area (Å²) < 4.78 is 23.4. The molecule has 0 spiro atoms. The van der Waals surface area contributed by atoms with E-state index >= 15 is 0 Å². The minimum absolute atomic E-state index is 0.201. The summed E-state index contributed by atoms with van der Waals surface area (Å²) >= 11 is 0. The first-order valence-electron chi connectivity index (χ1n) is 14.4. The number of methoxy groups -OCH3 is 1. The average molecular weight is 599 g/mol. The number of nitrogens with one attached hydrogen (secondary N) is 1. The lowest BCUT2D eigenvalue weighted by molar-refractivity contribution is 0.0602. The van der Waals surface area contributed by atoms with E-state index in [0.29, 0.717) is 46.0 Å². The number of ether oxygens (including phenoxy) is 3. The van der Waals surface area contributed by atoms with E-state index in [2.05, 4.69) is 10.3 Å². The summed E-state index contributed by atoms with van der Waals surface area (Å²) in [5.41, 5.74) is 4.93. The molecular formula is C37H30N2O6. The Morgan fingerprint density at radius 2 is 1.36 bits per heavy atom. The number of esters is 1. The van der Waals surface area contributed by atoms with Crippen LogP contribution in [0.2, 0.25) is 0 Å². The third-order valence-electron chi connectivity index (χ3n) is 7.26. The SMILES string of the molecule is COC(=O)c1cccc2oc(-c3cccc(OCc4ccccc4)c3NC(=O)c3c(C)cccc3OCc3ccccc3)nc12. The van der Waals surface area contributed by atoms with Crippen molar-refractivity contribution in [3.8, 4) is 23.0 Å². The Labute approximate surface area is 260 Å². The first-order chi connectivity index (χ1) is 22.0. The van der Waals surface area contributed by atoms with Gasteiger partial charge >= 0.3 is 5.97 Å². The lowest BCUT2D eigenvalue weighted by atomic mass is 10.1. The van der Waals surface area contributed by atoms with E-state index in [-0.39, 0.29) is 24.0 Å². The highest BCUT2D eigenvalue weighted by Crippen LogP contribution is 2.39. The van der Waals surface area contributed by atoms with Crippen molar-refractivity contribution >= 4 is 28.7 Å². The van der Waals surface area contributed by atoms with Crippen LogP contribution in [-0.4, -0.2) is 24.0 Å². The van der Waals surface area contributed by atoms with E-state index in [1.807, 2.05) is 79.7 Å². The number of anilines is 1. The fourth-order valence-electron chi connectivity index (χ4n) is 5.00. The molecule has 0 aliphatic heterocycles. The minimum atomic E-state index is -0.531. The van der Waals surface area contributed by atoms with Crippen molar-refractivity contribution in [2.75, 3.05) is 12.4 Å². The molecule has 0 radical (unpaired) electrons. The molecule has 0 aliphatic rings. The molecule has 8 nitrogen and oxygen atoms in total. The van der Waals surface area contributed by atoms with E-state index in [4.69, 9.17) is 18.6 Å². The second-order valence-electron chi connectivity index (χ2n) is 10.3. The Balaban J connectivity index is 1.39. The van der Waals surface area contributed by atoms with Crippen molar-refractivity contribution in [3.63, 3.8) is 0 Å². The van der Waals surface area contributed by atoms with E-state index in [9.17, 15) is 9.59 Å². The zero-order valence-corrected chi connectivity index (χ0v) is 24.8. The molecule has 0 saturated heterocycles. The Morgan fingerprint density at radius 3 is 2.04 bits per heavy atom. The van der Waals surface area contributed by atoms with Crippen LogP contribution < -0.4 is 14.8 Å². The third-order valence-corrected chi connectivity index (χ3v) is 7.26. The van der Waals surface area contributed by atoms with E-state index in [0.717, 1.165) is 16.7 Å². The molecule has 8 heteroatoms. The zero-order valence-electron chi connectivity index (χ0n) is 24.8. The lowest BCUT2D eigenvalue weighted by Crippen LogP contribution is -2.17. The largest absolute Gasteiger partial charge is 0.488 e. The number of amides is 1. The van der Waals surface area contributed by atoms with Crippen LogP contribution in [0.3, 0.4) is 0 Å². The van der Waals surface area contributed by atoms with Crippen LogP contribution in [0.1, 0.15) is 37.4 Å². The lowest BCUT2D eigenvalue weighted by Gasteiger charge is -2.18. The van der Waals surface area contributed by atoms with Gasteiger partial charge in [-0.3, -0.25) is 4.79 Å². The molecule has 0 unspecified atom stereocenters. The molecular weight excluding hydrogens is 568 g/mol. The second kappa shape index (κ2) is 13.2.